The molecule has 3 fully saturated rings. The van der Waals surface area contributed by atoms with Crippen LogP contribution in [-0.4, -0.2) is 68.5 Å². The van der Waals surface area contributed by atoms with E-state index < -0.39 is 34.9 Å². The Bertz CT molecular complexity index is 620. The first-order chi connectivity index (χ1) is 9.91. The van der Waals surface area contributed by atoms with Crippen LogP contribution in [0.4, 0.5) is 5.95 Å². The summed E-state index contributed by atoms with van der Waals surface area (Å²) in [6.45, 7) is -0.220. The van der Waals surface area contributed by atoms with Crippen molar-refractivity contribution in [1.82, 2.24) is 15.0 Å². The summed E-state index contributed by atoms with van der Waals surface area (Å²) >= 11 is 0. The van der Waals surface area contributed by atoms with E-state index in [0.29, 0.717) is 0 Å². The largest absolute Gasteiger partial charge is 0.387 e. The topological polar surface area (TPSA) is 176 Å². The maximum absolute atomic E-state index is 11.2. The summed E-state index contributed by atoms with van der Waals surface area (Å²) in [5.41, 5.74) is 1.23. The molecule has 1 unspecified atom stereocenters. The fraction of sp³-hybridized carbons (Fsp3) is 0.700. The number of hydrogen-bond acceptors (Lipinski definition) is 9. The standard InChI is InChI=1S/C10H15N5O6/c11-1-9-2-21-10(3-20-9,5(17)4(9)16)15-6-12-7(18)14-8(19)13-6/h4-5,16-17H,1-3,11H2,(H3,12,13,14,15,18,19)/t4-,5+,9+,10?/m1/s1. The van der Waals surface area contributed by atoms with E-state index in [1.807, 2.05) is 4.98 Å². The maximum atomic E-state index is 11.2. The molecule has 0 radical (unpaired) electrons. The molecule has 0 aromatic carbocycles. The molecule has 11 nitrogen and oxygen atoms in total. The smallest absolute Gasteiger partial charge is 0.352 e. The molecule has 0 amide bonds. The molecule has 4 rings (SSSR count). The SMILES string of the molecule is NC[C@@]12COC(Nc3nc(=O)[nH]c(=O)[nH]3)(CO1)[C@@H](O)[C@H]2O. The predicted molar refractivity (Wildman–Crippen MR) is 67.5 cm³/mol. The number of aromatic amines is 2. The van der Waals surface area contributed by atoms with E-state index in [1.54, 1.807) is 0 Å². The molecule has 2 bridgehead atoms. The third-order valence-corrected chi connectivity index (χ3v) is 3.81. The van der Waals surface area contributed by atoms with Crippen molar-refractivity contribution in [2.45, 2.75) is 23.5 Å². The van der Waals surface area contributed by atoms with E-state index >= 15 is 0 Å². The second-order valence-electron chi connectivity index (χ2n) is 5.10. The van der Waals surface area contributed by atoms with Gasteiger partial charge in [0.25, 0.3) is 0 Å². The Balaban J connectivity index is 1.92. The summed E-state index contributed by atoms with van der Waals surface area (Å²) in [5, 5.41) is 23.0. The number of rotatable bonds is 3. The third kappa shape index (κ3) is 2.06. The Morgan fingerprint density at radius 2 is 2.05 bits per heavy atom. The maximum Gasteiger partial charge on any atom is 0.352 e. The van der Waals surface area contributed by atoms with Gasteiger partial charge in [0.1, 0.15) is 17.8 Å². The molecule has 1 aromatic rings. The van der Waals surface area contributed by atoms with Crippen molar-refractivity contribution in [3.63, 3.8) is 0 Å². The number of ether oxygens (including phenoxy) is 2. The number of aliphatic hydroxyl groups excluding tert-OH is 2. The Kier molecular flexibility index (Phi) is 3.11. The minimum Gasteiger partial charge on any atom is -0.387 e. The van der Waals surface area contributed by atoms with Gasteiger partial charge >= 0.3 is 11.4 Å². The van der Waals surface area contributed by atoms with Crippen molar-refractivity contribution in [2.24, 2.45) is 5.73 Å². The number of anilines is 1. The molecule has 4 atom stereocenters. The Morgan fingerprint density at radius 1 is 1.29 bits per heavy atom. The minimum atomic E-state index is -1.53. The molecule has 21 heavy (non-hydrogen) atoms. The lowest BCUT2D eigenvalue weighted by atomic mass is 9.82. The molecule has 1 aromatic heterocycles. The van der Waals surface area contributed by atoms with Gasteiger partial charge in [-0.2, -0.15) is 4.98 Å². The summed E-state index contributed by atoms with van der Waals surface area (Å²) in [6.07, 6.45) is -2.67. The van der Waals surface area contributed by atoms with E-state index in [0.717, 1.165) is 0 Å². The van der Waals surface area contributed by atoms with Crippen molar-refractivity contribution in [1.29, 1.82) is 0 Å². The van der Waals surface area contributed by atoms with Gasteiger partial charge < -0.3 is 30.7 Å². The van der Waals surface area contributed by atoms with Gasteiger partial charge in [0.2, 0.25) is 5.95 Å². The summed E-state index contributed by atoms with van der Waals surface area (Å²) in [5.74, 6) is -0.208. The van der Waals surface area contributed by atoms with Crippen LogP contribution in [0.5, 0.6) is 0 Å². The fourth-order valence-electron chi connectivity index (χ4n) is 2.51. The van der Waals surface area contributed by atoms with E-state index in [1.165, 1.54) is 0 Å². The summed E-state index contributed by atoms with van der Waals surface area (Å²) in [7, 11) is 0. The van der Waals surface area contributed by atoms with Gasteiger partial charge in [-0.3, -0.25) is 9.97 Å². The monoisotopic (exact) mass is 301 g/mol. The number of nitrogens with zero attached hydrogens (tertiary/aromatic N) is 1. The molecule has 7 N–H and O–H groups in total. The molecular weight excluding hydrogens is 286 g/mol. The van der Waals surface area contributed by atoms with Crippen LogP contribution in [0.1, 0.15) is 0 Å². The van der Waals surface area contributed by atoms with Crippen LogP contribution in [0.2, 0.25) is 0 Å². The van der Waals surface area contributed by atoms with Crippen LogP contribution in [0.25, 0.3) is 0 Å². The van der Waals surface area contributed by atoms with Crippen LogP contribution in [0.15, 0.2) is 9.59 Å². The van der Waals surface area contributed by atoms with Gasteiger partial charge in [-0.05, 0) is 0 Å². The van der Waals surface area contributed by atoms with Crippen molar-refractivity contribution < 1.29 is 19.7 Å². The summed E-state index contributed by atoms with van der Waals surface area (Å²) in [6, 6.07) is 0. The van der Waals surface area contributed by atoms with Crippen LogP contribution in [-0.2, 0) is 9.47 Å². The number of nitrogens with two attached hydrogens (primary N) is 1. The molecule has 116 valence electrons. The van der Waals surface area contributed by atoms with Crippen molar-refractivity contribution in [3.8, 4) is 0 Å². The fourth-order valence-corrected chi connectivity index (χ4v) is 2.51. The van der Waals surface area contributed by atoms with Crippen molar-refractivity contribution in [3.05, 3.63) is 21.0 Å². The first kappa shape index (κ1) is 14.2. The van der Waals surface area contributed by atoms with Gasteiger partial charge in [0.05, 0.1) is 13.2 Å². The number of aromatic nitrogens is 3. The first-order valence-corrected chi connectivity index (χ1v) is 6.24. The quantitative estimate of drug-likeness (QED) is 0.325. The lowest BCUT2D eigenvalue weighted by molar-refractivity contribution is -0.342. The molecule has 11 heteroatoms. The predicted octanol–water partition coefficient (Wildman–Crippen LogP) is -3.95. The number of aliphatic hydroxyl groups is 2. The van der Waals surface area contributed by atoms with Crippen LogP contribution < -0.4 is 22.4 Å². The molecule has 3 aliphatic rings. The normalized spacial score (nSPS) is 38.4. The van der Waals surface area contributed by atoms with Gasteiger partial charge in [0, 0.05) is 6.54 Å². The van der Waals surface area contributed by atoms with E-state index in [9.17, 15) is 19.8 Å². The van der Waals surface area contributed by atoms with Gasteiger partial charge in [0.15, 0.2) is 5.72 Å². The highest BCUT2D eigenvalue weighted by molar-refractivity contribution is 5.30. The molecule has 0 saturated carbocycles. The van der Waals surface area contributed by atoms with Gasteiger partial charge in [-0.15, -0.1) is 0 Å². The second-order valence-corrected chi connectivity index (χ2v) is 5.10. The summed E-state index contributed by atoms with van der Waals surface area (Å²) in [4.78, 5) is 30.0. The average Bonchev–Trinajstić information content (AvgIpc) is 2.44. The highest BCUT2D eigenvalue weighted by Gasteiger charge is 2.62. The van der Waals surface area contributed by atoms with Gasteiger partial charge in [-0.25, -0.2) is 9.59 Å². The number of fused-ring (bicyclic) bond motifs is 3. The summed E-state index contributed by atoms with van der Waals surface area (Å²) < 4.78 is 11.0. The Hall–Kier alpha value is -1.79. The van der Waals surface area contributed by atoms with E-state index in [-0.39, 0.29) is 25.7 Å². The zero-order valence-electron chi connectivity index (χ0n) is 10.8. The Morgan fingerprint density at radius 3 is 2.62 bits per heavy atom. The average molecular weight is 301 g/mol. The highest BCUT2D eigenvalue weighted by atomic mass is 16.6. The number of hydrogen-bond donors (Lipinski definition) is 6. The Labute approximate surface area is 117 Å². The molecule has 3 saturated heterocycles. The van der Waals surface area contributed by atoms with E-state index in [4.69, 9.17) is 15.2 Å². The van der Waals surface area contributed by atoms with Crippen LogP contribution >= 0.6 is 0 Å². The minimum absolute atomic E-state index is 0.0264. The highest BCUT2D eigenvalue weighted by Crippen LogP contribution is 2.39. The van der Waals surface area contributed by atoms with Crippen molar-refractivity contribution >= 4 is 5.95 Å². The number of H-pyrrole nitrogens is 2. The lowest BCUT2D eigenvalue weighted by Gasteiger charge is -2.57. The number of nitrogens with one attached hydrogen (secondary N) is 3. The first-order valence-electron chi connectivity index (χ1n) is 6.24. The molecule has 4 heterocycles. The van der Waals surface area contributed by atoms with Crippen molar-refractivity contribution in [2.75, 3.05) is 25.1 Å². The molecular formula is C10H15N5O6. The zero-order valence-corrected chi connectivity index (χ0v) is 10.8. The molecule has 3 aliphatic heterocycles. The van der Waals surface area contributed by atoms with Gasteiger partial charge in [-0.1, -0.05) is 0 Å². The second kappa shape index (κ2) is 4.61. The molecule has 0 spiro atoms. The lowest BCUT2D eigenvalue weighted by Crippen LogP contribution is -2.78. The zero-order chi connectivity index (χ0) is 15.3. The third-order valence-electron chi connectivity index (χ3n) is 3.81. The van der Waals surface area contributed by atoms with E-state index in [2.05, 4.69) is 15.3 Å². The molecule has 0 aliphatic carbocycles. The van der Waals surface area contributed by atoms with Crippen LogP contribution in [0.3, 0.4) is 0 Å². The van der Waals surface area contributed by atoms with Crippen LogP contribution in [0, 0.1) is 0 Å².